The number of nitrogens with two attached hydrogens (primary N) is 1. The summed E-state index contributed by atoms with van der Waals surface area (Å²) in [6.45, 7) is 3.86. The van der Waals surface area contributed by atoms with Crippen LogP contribution in [0.25, 0.3) is 0 Å². The fourth-order valence-electron chi connectivity index (χ4n) is 2.66. The van der Waals surface area contributed by atoms with Crippen molar-refractivity contribution in [1.29, 1.82) is 0 Å². The van der Waals surface area contributed by atoms with Gasteiger partial charge in [0, 0.05) is 13.1 Å². The van der Waals surface area contributed by atoms with Gasteiger partial charge in [-0.2, -0.15) is 0 Å². The van der Waals surface area contributed by atoms with Crippen molar-refractivity contribution in [2.75, 3.05) is 19.6 Å². The van der Waals surface area contributed by atoms with E-state index in [2.05, 4.69) is 4.90 Å². The summed E-state index contributed by atoms with van der Waals surface area (Å²) in [6.07, 6.45) is 3.64. The second kappa shape index (κ2) is 7.72. The zero-order valence-electron chi connectivity index (χ0n) is 10.6. The Morgan fingerprint density at radius 2 is 2.22 bits per heavy atom. The van der Waals surface area contributed by atoms with E-state index in [4.69, 9.17) is 5.73 Å². The van der Waals surface area contributed by atoms with E-state index in [1.54, 1.807) is 12.1 Å². The molecule has 1 unspecified atom stereocenters. The van der Waals surface area contributed by atoms with E-state index in [1.165, 1.54) is 18.9 Å². The molecule has 1 aromatic rings. The fraction of sp³-hybridized carbons (Fsp3) is 0.571. The van der Waals surface area contributed by atoms with Crippen LogP contribution in [-0.4, -0.2) is 24.5 Å². The normalized spacial score (nSPS) is 20.4. The van der Waals surface area contributed by atoms with E-state index < -0.39 is 0 Å². The van der Waals surface area contributed by atoms with Crippen molar-refractivity contribution in [3.8, 4) is 0 Å². The smallest absolute Gasteiger partial charge is 0.123 e. The first-order valence-corrected chi connectivity index (χ1v) is 6.45. The minimum absolute atomic E-state index is 0. The molecule has 1 atom stereocenters. The lowest BCUT2D eigenvalue weighted by atomic mass is 9.94. The van der Waals surface area contributed by atoms with Crippen molar-refractivity contribution < 1.29 is 4.39 Å². The molecule has 18 heavy (non-hydrogen) atoms. The number of benzene rings is 1. The lowest BCUT2D eigenvalue weighted by Gasteiger charge is -2.32. The third-order valence-electron chi connectivity index (χ3n) is 3.47. The molecule has 1 saturated heterocycles. The van der Waals surface area contributed by atoms with Gasteiger partial charge >= 0.3 is 0 Å². The second-order valence-corrected chi connectivity index (χ2v) is 4.95. The minimum atomic E-state index is -0.141. The number of likely N-dealkylation sites (tertiary alicyclic amines) is 1. The van der Waals surface area contributed by atoms with Gasteiger partial charge in [0.1, 0.15) is 5.82 Å². The molecule has 1 aliphatic rings. The second-order valence-electron chi connectivity index (χ2n) is 4.95. The molecule has 0 amide bonds. The molecule has 2 N–H and O–H groups in total. The Bertz CT molecular complexity index is 357. The van der Waals surface area contributed by atoms with Crippen LogP contribution in [0.5, 0.6) is 0 Å². The molecule has 0 aromatic heterocycles. The number of nitrogens with zero attached hydrogens (tertiary/aromatic N) is 1. The number of rotatable bonds is 4. The summed E-state index contributed by atoms with van der Waals surface area (Å²) in [7, 11) is 0. The van der Waals surface area contributed by atoms with E-state index in [0.717, 1.165) is 44.1 Å². The largest absolute Gasteiger partial charge is 0.330 e. The molecule has 0 aliphatic carbocycles. The Labute approximate surface area is 115 Å². The molecule has 1 fully saturated rings. The van der Waals surface area contributed by atoms with Crippen molar-refractivity contribution in [2.45, 2.75) is 25.8 Å². The third kappa shape index (κ3) is 4.56. The Hall–Kier alpha value is -0.640. The van der Waals surface area contributed by atoms with Gasteiger partial charge in [-0.05, 0) is 56.0 Å². The van der Waals surface area contributed by atoms with Crippen LogP contribution in [0.15, 0.2) is 24.3 Å². The van der Waals surface area contributed by atoms with E-state index in [1.807, 2.05) is 6.07 Å². The van der Waals surface area contributed by atoms with Gasteiger partial charge < -0.3 is 5.73 Å². The topological polar surface area (TPSA) is 29.3 Å². The van der Waals surface area contributed by atoms with Crippen LogP contribution < -0.4 is 5.73 Å². The van der Waals surface area contributed by atoms with Crippen molar-refractivity contribution in [3.63, 3.8) is 0 Å². The Morgan fingerprint density at radius 1 is 1.39 bits per heavy atom. The summed E-state index contributed by atoms with van der Waals surface area (Å²) >= 11 is 0. The van der Waals surface area contributed by atoms with Crippen molar-refractivity contribution in [1.82, 2.24) is 4.90 Å². The number of piperidine rings is 1. The highest BCUT2D eigenvalue weighted by molar-refractivity contribution is 5.85. The van der Waals surface area contributed by atoms with Gasteiger partial charge in [0.05, 0.1) is 0 Å². The molecule has 2 rings (SSSR count). The SMILES string of the molecule is Cl.NCCC1CCCN(Cc2cccc(F)c2)C1. The molecule has 0 saturated carbocycles. The molecule has 1 aromatic carbocycles. The lowest BCUT2D eigenvalue weighted by molar-refractivity contribution is 0.163. The maximum absolute atomic E-state index is 13.1. The summed E-state index contributed by atoms with van der Waals surface area (Å²) in [5, 5.41) is 0. The van der Waals surface area contributed by atoms with E-state index >= 15 is 0 Å². The summed E-state index contributed by atoms with van der Waals surface area (Å²) in [6, 6.07) is 6.91. The van der Waals surface area contributed by atoms with E-state index in [0.29, 0.717) is 0 Å². The standard InChI is InChI=1S/C14H21FN2.ClH/c15-14-5-1-3-13(9-14)11-17-8-2-4-12(10-17)6-7-16;/h1,3,5,9,12H,2,4,6-8,10-11,16H2;1H. The van der Waals surface area contributed by atoms with Gasteiger partial charge in [0.25, 0.3) is 0 Å². The summed E-state index contributed by atoms with van der Waals surface area (Å²) in [4.78, 5) is 2.42. The zero-order chi connectivity index (χ0) is 12.1. The van der Waals surface area contributed by atoms with Crippen molar-refractivity contribution >= 4 is 12.4 Å². The summed E-state index contributed by atoms with van der Waals surface area (Å²) < 4.78 is 13.1. The highest BCUT2D eigenvalue weighted by Gasteiger charge is 2.19. The molecular weight excluding hydrogens is 251 g/mol. The van der Waals surface area contributed by atoms with E-state index in [9.17, 15) is 4.39 Å². The monoisotopic (exact) mass is 272 g/mol. The van der Waals surface area contributed by atoms with Gasteiger partial charge in [-0.3, -0.25) is 4.90 Å². The maximum atomic E-state index is 13.1. The van der Waals surface area contributed by atoms with Crippen molar-refractivity contribution in [3.05, 3.63) is 35.6 Å². The summed E-state index contributed by atoms with van der Waals surface area (Å²) in [5.41, 5.74) is 6.68. The van der Waals surface area contributed by atoms with Crippen LogP contribution in [-0.2, 0) is 6.54 Å². The quantitative estimate of drug-likeness (QED) is 0.913. The first kappa shape index (κ1) is 15.4. The number of halogens is 2. The van der Waals surface area contributed by atoms with Crippen LogP contribution in [0, 0.1) is 11.7 Å². The molecule has 1 aliphatic heterocycles. The predicted octanol–water partition coefficient (Wildman–Crippen LogP) is 2.81. The third-order valence-corrected chi connectivity index (χ3v) is 3.47. The first-order valence-electron chi connectivity index (χ1n) is 6.45. The average Bonchev–Trinajstić information content (AvgIpc) is 2.30. The molecular formula is C14H22ClFN2. The molecule has 1 heterocycles. The van der Waals surface area contributed by atoms with Crippen molar-refractivity contribution in [2.24, 2.45) is 11.7 Å². The molecule has 0 spiro atoms. The number of hydrogen-bond donors (Lipinski definition) is 1. The van der Waals surface area contributed by atoms with Crippen LogP contribution in [0.1, 0.15) is 24.8 Å². The van der Waals surface area contributed by atoms with Gasteiger partial charge in [-0.1, -0.05) is 12.1 Å². The Morgan fingerprint density at radius 3 is 2.94 bits per heavy atom. The fourth-order valence-corrected chi connectivity index (χ4v) is 2.66. The molecule has 4 heteroatoms. The molecule has 0 bridgehead atoms. The zero-order valence-corrected chi connectivity index (χ0v) is 11.5. The first-order chi connectivity index (χ1) is 8.28. The minimum Gasteiger partial charge on any atom is -0.330 e. The van der Waals surface area contributed by atoms with E-state index in [-0.39, 0.29) is 18.2 Å². The average molecular weight is 273 g/mol. The highest BCUT2D eigenvalue weighted by atomic mass is 35.5. The van der Waals surface area contributed by atoms with Crippen LogP contribution >= 0.6 is 12.4 Å². The molecule has 0 radical (unpaired) electrons. The van der Waals surface area contributed by atoms with Gasteiger partial charge in [-0.15, -0.1) is 12.4 Å². The lowest BCUT2D eigenvalue weighted by Crippen LogP contribution is -2.35. The van der Waals surface area contributed by atoms with Gasteiger partial charge in [-0.25, -0.2) is 4.39 Å². The van der Waals surface area contributed by atoms with Gasteiger partial charge in [0.15, 0.2) is 0 Å². The molecule has 102 valence electrons. The number of hydrogen-bond acceptors (Lipinski definition) is 2. The molecule has 2 nitrogen and oxygen atoms in total. The summed E-state index contributed by atoms with van der Waals surface area (Å²) in [5.74, 6) is 0.584. The maximum Gasteiger partial charge on any atom is 0.123 e. The van der Waals surface area contributed by atoms with Crippen LogP contribution in [0.3, 0.4) is 0 Å². The Balaban J connectivity index is 0.00000162. The predicted molar refractivity (Wildman–Crippen MR) is 75.3 cm³/mol. The highest BCUT2D eigenvalue weighted by Crippen LogP contribution is 2.20. The van der Waals surface area contributed by atoms with Crippen LogP contribution in [0.2, 0.25) is 0 Å². The van der Waals surface area contributed by atoms with Gasteiger partial charge in [0.2, 0.25) is 0 Å². The Kier molecular flexibility index (Phi) is 6.61. The van der Waals surface area contributed by atoms with Crippen LogP contribution in [0.4, 0.5) is 4.39 Å².